The number of aromatic nitrogens is 2. The van der Waals surface area contributed by atoms with Crippen molar-refractivity contribution in [1.29, 1.82) is 0 Å². The molecule has 0 radical (unpaired) electrons. The first-order valence-corrected chi connectivity index (χ1v) is 10.2. The average Bonchev–Trinajstić information content (AvgIpc) is 3.40. The lowest BCUT2D eigenvalue weighted by atomic mass is 9.93. The van der Waals surface area contributed by atoms with E-state index in [1.165, 1.54) is 19.8 Å². The van der Waals surface area contributed by atoms with Crippen LogP contribution < -0.4 is 0 Å². The van der Waals surface area contributed by atoms with Crippen LogP contribution in [0.25, 0.3) is 33.0 Å². The minimum Gasteiger partial charge on any atom is -0.465 e. The number of para-hydroxylation sites is 2. The highest BCUT2D eigenvalue weighted by Gasteiger charge is 2.30. The second-order valence-electron chi connectivity index (χ2n) is 7.63. The topological polar surface area (TPSA) is 73.3 Å². The van der Waals surface area contributed by atoms with Crippen molar-refractivity contribution in [2.45, 2.75) is 19.4 Å². The molecule has 6 heteroatoms. The van der Waals surface area contributed by atoms with E-state index in [0.717, 1.165) is 41.2 Å². The zero-order valence-corrected chi connectivity index (χ0v) is 17.4. The van der Waals surface area contributed by atoms with E-state index < -0.39 is 11.9 Å². The molecule has 2 aromatic carbocycles. The fraction of sp³-hybridized carbons (Fsp3) is 0.200. The Hall–Kier alpha value is -3.80. The highest BCUT2D eigenvalue weighted by Crippen LogP contribution is 2.38. The third-order valence-electron chi connectivity index (χ3n) is 5.98. The van der Waals surface area contributed by atoms with Gasteiger partial charge in [0.1, 0.15) is 0 Å². The van der Waals surface area contributed by atoms with Crippen LogP contribution in [0.2, 0.25) is 0 Å². The maximum atomic E-state index is 13.1. The van der Waals surface area contributed by atoms with E-state index in [1.807, 2.05) is 42.6 Å². The van der Waals surface area contributed by atoms with Gasteiger partial charge in [-0.3, -0.25) is 0 Å². The highest BCUT2D eigenvalue weighted by atomic mass is 16.5. The number of rotatable bonds is 4. The molecule has 3 heterocycles. The molecule has 1 aliphatic rings. The largest absolute Gasteiger partial charge is 0.465 e. The number of hydrogen-bond acceptors (Lipinski definition) is 4. The Morgan fingerprint density at radius 3 is 2.39 bits per heavy atom. The van der Waals surface area contributed by atoms with Crippen LogP contribution >= 0.6 is 0 Å². The van der Waals surface area contributed by atoms with Crippen LogP contribution in [-0.4, -0.2) is 35.7 Å². The summed E-state index contributed by atoms with van der Waals surface area (Å²) in [5, 5.41) is 1.76. The van der Waals surface area contributed by atoms with Crippen molar-refractivity contribution >= 4 is 44.9 Å². The summed E-state index contributed by atoms with van der Waals surface area (Å²) in [6, 6.07) is 13.7. The molecular weight excluding hydrogens is 392 g/mol. The van der Waals surface area contributed by atoms with E-state index in [2.05, 4.69) is 15.6 Å². The molecule has 0 fully saturated rings. The number of carbonyl (C=O) groups excluding carboxylic acids is 2. The zero-order chi connectivity index (χ0) is 21.5. The molecule has 5 rings (SSSR count). The fourth-order valence-electron chi connectivity index (χ4n) is 4.63. The number of methoxy groups -OCH3 is 2. The Morgan fingerprint density at radius 1 is 0.903 bits per heavy atom. The molecule has 31 heavy (non-hydrogen) atoms. The molecule has 0 aliphatic carbocycles. The van der Waals surface area contributed by atoms with Crippen LogP contribution in [-0.2, 0) is 32.0 Å². The van der Waals surface area contributed by atoms with Gasteiger partial charge >= 0.3 is 11.9 Å². The molecular formula is C25H22N2O4. The third-order valence-corrected chi connectivity index (χ3v) is 5.98. The summed E-state index contributed by atoms with van der Waals surface area (Å²) >= 11 is 0. The van der Waals surface area contributed by atoms with E-state index in [-0.39, 0.29) is 11.1 Å². The Morgan fingerprint density at radius 2 is 1.61 bits per heavy atom. The van der Waals surface area contributed by atoms with Crippen LogP contribution in [0.3, 0.4) is 0 Å². The van der Waals surface area contributed by atoms with Crippen molar-refractivity contribution in [2.24, 2.45) is 0 Å². The standard InChI is InChI=1S/C25H22N2O4/c1-30-24(28)21(18-13-26-20-11-4-3-9-16(18)20)22(25(29)31-2)19-14-27-12-6-8-15-7-5-10-17(19)23(15)27/h3-5,7,9-11,13-14,26H,6,8,12H2,1-2H3/b22-21-. The van der Waals surface area contributed by atoms with E-state index in [0.29, 0.717) is 11.1 Å². The molecule has 2 aromatic heterocycles. The Kier molecular flexibility index (Phi) is 4.62. The quantitative estimate of drug-likeness (QED) is 0.399. The number of carbonyl (C=O) groups is 2. The van der Waals surface area contributed by atoms with Gasteiger partial charge in [-0.1, -0.05) is 36.4 Å². The van der Waals surface area contributed by atoms with Crippen LogP contribution in [0.1, 0.15) is 23.1 Å². The number of hydrogen-bond donors (Lipinski definition) is 1. The lowest BCUT2D eigenvalue weighted by molar-refractivity contribution is -0.135. The number of fused-ring (bicyclic) bond motifs is 1. The summed E-state index contributed by atoms with van der Waals surface area (Å²) in [6.45, 7) is 0.864. The maximum absolute atomic E-state index is 13.1. The molecule has 0 bridgehead atoms. The summed E-state index contributed by atoms with van der Waals surface area (Å²) in [7, 11) is 2.65. The van der Waals surface area contributed by atoms with E-state index in [9.17, 15) is 9.59 Å². The van der Waals surface area contributed by atoms with Crippen molar-refractivity contribution in [3.05, 3.63) is 71.5 Å². The molecule has 0 amide bonds. The molecule has 1 N–H and O–H groups in total. The monoisotopic (exact) mass is 414 g/mol. The lowest BCUT2D eigenvalue weighted by Gasteiger charge is -2.14. The number of nitrogens with zero attached hydrogens (tertiary/aromatic N) is 1. The summed E-state index contributed by atoms with van der Waals surface area (Å²) in [4.78, 5) is 29.4. The molecule has 0 saturated heterocycles. The van der Waals surface area contributed by atoms with Gasteiger partial charge in [0.15, 0.2) is 0 Å². The Labute approximate surface area is 179 Å². The van der Waals surface area contributed by atoms with E-state index in [1.54, 1.807) is 6.20 Å². The Bertz CT molecular complexity index is 1370. The lowest BCUT2D eigenvalue weighted by Crippen LogP contribution is -2.13. The zero-order valence-electron chi connectivity index (χ0n) is 17.4. The van der Waals surface area contributed by atoms with Gasteiger partial charge in [-0.2, -0.15) is 0 Å². The first kappa shape index (κ1) is 19.2. The van der Waals surface area contributed by atoms with Crippen molar-refractivity contribution in [2.75, 3.05) is 14.2 Å². The van der Waals surface area contributed by atoms with Crippen molar-refractivity contribution in [3.63, 3.8) is 0 Å². The SMILES string of the molecule is COC(=O)/C(=C(\C(=O)OC)c1cn2c3c(cccc13)CCC2)c1c[nH]c2ccccc12. The average molecular weight is 414 g/mol. The van der Waals surface area contributed by atoms with Crippen LogP contribution in [0, 0.1) is 0 Å². The van der Waals surface area contributed by atoms with Crippen molar-refractivity contribution < 1.29 is 19.1 Å². The predicted molar refractivity (Wildman–Crippen MR) is 119 cm³/mol. The van der Waals surface area contributed by atoms with Gasteiger partial charge in [-0.15, -0.1) is 0 Å². The smallest absolute Gasteiger partial charge is 0.339 e. The number of nitrogens with one attached hydrogen (secondary N) is 1. The van der Waals surface area contributed by atoms with Gasteiger partial charge in [0, 0.05) is 46.4 Å². The second-order valence-corrected chi connectivity index (χ2v) is 7.63. The third kappa shape index (κ3) is 2.94. The van der Waals surface area contributed by atoms with Crippen LogP contribution in [0.5, 0.6) is 0 Å². The molecule has 4 aromatic rings. The van der Waals surface area contributed by atoms with Gasteiger partial charge in [-0.25, -0.2) is 9.59 Å². The highest BCUT2D eigenvalue weighted by molar-refractivity contribution is 6.40. The molecule has 1 aliphatic heterocycles. The number of ether oxygens (including phenoxy) is 2. The normalized spacial score (nSPS) is 13.9. The van der Waals surface area contributed by atoms with Crippen LogP contribution in [0.4, 0.5) is 0 Å². The van der Waals surface area contributed by atoms with E-state index in [4.69, 9.17) is 9.47 Å². The van der Waals surface area contributed by atoms with Crippen molar-refractivity contribution in [1.82, 2.24) is 9.55 Å². The van der Waals surface area contributed by atoms with Crippen LogP contribution in [0.15, 0.2) is 54.9 Å². The van der Waals surface area contributed by atoms with E-state index >= 15 is 0 Å². The van der Waals surface area contributed by atoms with Gasteiger partial charge in [0.05, 0.1) is 30.9 Å². The number of H-pyrrole nitrogens is 1. The van der Waals surface area contributed by atoms with Gasteiger partial charge in [0.25, 0.3) is 0 Å². The fourth-order valence-corrected chi connectivity index (χ4v) is 4.63. The Balaban J connectivity index is 1.89. The van der Waals surface area contributed by atoms with Gasteiger partial charge < -0.3 is 19.0 Å². The molecule has 0 spiro atoms. The molecule has 0 saturated carbocycles. The predicted octanol–water partition coefficient (Wildman–Crippen LogP) is 4.33. The van der Waals surface area contributed by atoms with Crippen molar-refractivity contribution in [3.8, 4) is 0 Å². The summed E-state index contributed by atoms with van der Waals surface area (Å²) in [5.41, 5.74) is 4.90. The number of aryl methyl sites for hydroxylation is 2. The first-order valence-electron chi connectivity index (χ1n) is 10.2. The molecule has 6 nitrogen and oxygen atoms in total. The second kappa shape index (κ2) is 7.47. The number of esters is 2. The summed E-state index contributed by atoms with van der Waals surface area (Å²) in [6.07, 6.45) is 5.72. The summed E-state index contributed by atoms with van der Waals surface area (Å²) in [5.74, 6) is -1.16. The molecule has 0 unspecified atom stereocenters. The van der Waals surface area contributed by atoms with Gasteiger partial charge in [-0.05, 0) is 24.5 Å². The summed E-state index contributed by atoms with van der Waals surface area (Å²) < 4.78 is 12.5. The number of aromatic amines is 1. The minimum atomic E-state index is -0.586. The molecule has 0 atom stereocenters. The maximum Gasteiger partial charge on any atom is 0.339 e. The minimum absolute atomic E-state index is 0.190. The first-order chi connectivity index (χ1) is 15.1. The van der Waals surface area contributed by atoms with Gasteiger partial charge in [0.2, 0.25) is 0 Å². The number of benzene rings is 2. The molecule has 156 valence electrons.